The third-order valence-electron chi connectivity index (χ3n) is 3.04. The SMILES string of the molecule is CCC(CC)C(=O)Nc1c(C)nc(OC)nc1C. The number of ether oxygens (including phenoxy) is 1. The van der Waals surface area contributed by atoms with Crippen molar-refractivity contribution >= 4 is 11.6 Å². The Morgan fingerprint density at radius 2 is 1.72 bits per heavy atom. The Bertz CT molecular complexity index is 405. The number of aryl methyl sites for hydroxylation is 2. The van der Waals surface area contributed by atoms with Gasteiger partial charge in [-0.3, -0.25) is 4.79 Å². The molecule has 18 heavy (non-hydrogen) atoms. The summed E-state index contributed by atoms with van der Waals surface area (Å²) in [5.41, 5.74) is 2.13. The van der Waals surface area contributed by atoms with Crippen molar-refractivity contribution in [1.82, 2.24) is 9.97 Å². The summed E-state index contributed by atoms with van der Waals surface area (Å²) in [6.45, 7) is 7.69. The van der Waals surface area contributed by atoms with Crippen LogP contribution >= 0.6 is 0 Å². The lowest BCUT2D eigenvalue weighted by atomic mass is 10.0. The van der Waals surface area contributed by atoms with Crippen molar-refractivity contribution in [3.63, 3.8) is 0 Å². The van der Waals surface area contributed by atoms with Gasteiger partial charge in [0, 0.05) is 5.92 Å². The molecular weight excluding hydrogens is 230 g/mol. The standard InChI is InChI=1S/C13H21N3O2/c1-6-10(7-2)12(17)16-11-8(3)14-13(18-5)15-9(11)4/h10H,6-7H2,1-5H3,(H,16,17). The second-order valence-electron chi connectivity index (χ2n) is 4.26. The van der Waals surface area contributed by atoms with Crippen molar-refractivity contribution in [2.24, 2.45) is 5.92 Å². The van der Waals surface area contributed by atoms with Crippen LogP contribution in [0.25, 0.3) is 0 Å². The van der Waals surface area contributed by atoms with Gasteiger partial charge in [-0.25, -0.2) is 0 Å². The minimum Gasteiger partial charge on any atom is -0.467 e. The highest BCUT2D eigenvalue weighted by Gasteiger charge is 2.17. The van der Waals surface area contributed by atoms with Crippen LogP contribution < -0.4 is 10.1 Å². The van der Waals surface area contributed by atoms with Gasteiger partial charge in [-0.05, 0) is 26.7 Å². The molecule has 5 heteroatoms. The fraction of sp³-hybridized carbons (Fsp3) is 0.615. The molecule has 0 aliphatic carbocycles. The smallest absolute Gasteiger partial charge is 0.316 e. The summed E-state index contributed by atoms with van der Waals surface area (Å²) in [7, 11) is 1.52. The molecule has 0 aliphatic heterocycles. The van der Waals surface area contributed by atoms with Crippen LogP contribution in [0.15, 0.2) is 0 Å². The maximum Gasteiger partial charge on any atom is 0.316 e. The topological polar surface area (TPSA) is 64.1 Å². The normalized spacial score (nSPS) is 10.6. The largest absolute Gasteiger partial charge is 0.467 e. The molecule has 0 bridgehead atoms. The van der Waals surface area contributed by atoms with Crippen LogP contribution in [0.3, 0.4) is 0 Å². The molecule has 1 aromatic heterocycles. The highest BCUT2D eigenvalue weighted by Crippen LogP contribution is 2.21. The van der Waals surface area contributed by atoms with Crippen molar-refractivity contribution < 1.29 is 9.53 Å². The summed E-state index contributed by atoms with van der Waals surface area (Å²) in [6.07, 6.45) is 1.66. The summed E-state index contributed by atoms with van der Waals surface area (Å²) in [5, 5.41) is 2.91. The lowest BCUT2D eigenvalue weighted by molar-refractivity contribution is -0.120. The van der Waals surface area contributed by atoms with Gasteiger partial charge in [-0.2, -0.15) is 9.97 Å². The molecule has 0 spiro atoms. The van der Waals surface area contributed by atoms with Gasteiger partial charge in [0.15, 0.2) is 0 Å². The van der Waals surface area contributed by atoms with Gasteiger partial charge in [-0.1, -0.05) is 13.8 Å². The van der Waals surface area contributed by atoms with E-state index in [1.165, 1.54) is 7.11 Å². The first-order chi connectivity index (χ1) is 8.53. The van der Waals surface area contributed by atoms with Gasteiger partial charge in [0.25, 0.3) is 0 Å². The third kappa shape index (κ3) is 3.18. The first kappa shape index (κ1) is 14.4. The minimum atomic E-state index is 0.0277. The van der Waals surface area contributed by atoms with Crippen molar-refractivity contribution in [1.29, 1.82) is 0 Å². The zero-order chi connectivity index (χ0) is 13.7. The van der Waals surface area contributed by atoms with Crippen LogP contribution in [0.5, 0.6) is 6.01 Å². The fourth-order valence-corrected chi connectivity index (χ4v) is 1.84. The molecule has 0 fully saturated rings. The number of carbonyl (C=O) groups is 1. The Hall–Kier alpha value is -1.65. The number of nitrogens with one attached hydrogen (secondary N) is 1. The summed E-state index contributed by atoms with van der Waals surface area (Å²) in [4.78, 5) is 20.4. The first-order valence-electron chi connectivity index (χ1n) is 6.23. The molecule has 0 aromatic carbocycles. The molecule has 5 nitrogen and oxygen atoms in total. The van der Waals surface area contributed by atoms with Gasteiger partial charge < -0.3 is 10.1 Å². The Kier molecular flexibility index (Phi) is 5.07. The summed E-state index contributed by atoms with van der Waals surface area (Å²) < 4.78 is 4.99. The van der Waals surface area contributed by atoms with Crippen LogP contribution in [0.2, 0.25) is 0 Å². The number of hydrogen-bond acceptors (Lipinski definition) is 4. The quantitative estimate of drug-likeness (QED) is 0.873. The second-order valence-corrected chi connectivity index (χ2v) is 4.26. The third-order valence-corrected chi connectivity index (χ3v) is 3.04. The van der Waals surface area contributed by atoms with Crippen LogP contribution in [0.4, 0.5) is 5.69 Å². The molecule has 0 saturated carbocycles. The number of carbonyl (C=O) groups excluding carboxylic acids is 1. The number of nitrogens with zero attached hydrogens (tertiary/aromatic N) is 2. The lowest BCUT2D eigenvalue weighted by Gasteiger charge is -2.15. The molecule has 100 valence electrons. The van der Waals surface area contributed by atoms with E-state index in [2.05, 4.69) is 15.3 Å². The maximum atomic E-state index is 12.0. The first-order valence-corrected chi connectivity index (χ1v) is 6.23. The van der Waals surface area contributed by atoms with E-state index < -0.39 is 0 Å². The number of anilines is 1. The highest BCUT2D eigenvalue weighted by molar-refractivity contribution is 5.93. The van der Waals surface area contributed by atoms with Crippen molar-refractivity contribution in [2.75, 3.05) is 12.4 Å². The Morgan fingerprint density at radius 3 is 2.11 bits per heavy atom. The molecule has 1 amide bonds. The Labute approximate surface area is 108 Å². The van der Waals surface area contributed by atoms with Crippen molar-refractivity contribution in [3.8, 4) is 6.01 Å². The van der Waals surface area contributed by atoms with Crippen molar-refractivity contribution in [2.45, 2.75) is 40.5 Å². The molecule has 0 atom stereocenters. The second kappa shape index (κ2) is 6.33. The zero-order valence-corrected chi connectivity index (χ0v) is 11.7. The molecule has 0 aliphatic rings. The van der Waals surface area contributed by atoms with Crippen molar-refractivity contribution in [3.05, 3.63) is 11.4 Å². The fourth-order valence-electron chi connectivity index (χ4n) is 1.84. The van der Waals surface area contributed by atoms with Gasteiger partial charge in [0.1, 0.15) is 0 Å². The number of hydrogen-bond donors (Lipinski definition) is 1. The van der Waals surface area contributed by atoms with Gasteiger partial charge >= 0.3 is 6.01 Å². The molecular formula is C13H21N3O2. The number of amides is 1. The average molecular weight is 251 g/mol. The molecule has 1 N–H and O–H groups in total. The molecule has 0 radical (unpaired) electrons. The minimum absolute atomic E-state index is 0.0277. The average Bonchev–Trinajstić information content (AvgIpc) is 2.35. The van der Waals surface area contributed by atoms with Crippen LogP contribution in [-0.4, -0.2) is 23.0 Å². The highest BCUT2D eigenvalue weighted by atomic mass is 16.5. The van der Waals surface area contributed by atoms with E-state index in [0.717, 1.165) is 24.2 Å². The van der Waals surface area contributed by atoms with Crippen LogP contribution in [0, 0.1) is 19.8 Å². The van der Waals surface area contributed by atoms with Gasteiger partial charge in [0.05, 0.1) is 24.2 Å². The van der Waals surface area contributed by atoms with E-state index >= 15 is 0 Å². The summed E-state index contributed by atoms with van der Waals surface area (Å²) in [5.74, 6) is 0.0610. The zero-order valence-electron chi connectivity index (χ0n) is 11.7. The van der Waals surface area contributed by atoms with E-state index in [9.17, 15) is 4.79 Å². The van der Waals surface area contributed by atoms with E-state index in [-0.39, 0.29) is 11.8 Å². The molecule has 1 heterocycles. The Balaban J connectivity index is 2.94. The Morgan fingerprint density at radius 1 is 1.22 bits per heavy atom. The van der Waals surface area contributed by atoms with E-state index in [1.807, 2.05) is 27.7 Å². The number of rotatable bonds is 5. The van der Waals surface area contributed by atoms with Gasteiger partial charge in [0.2, 0.25) is 5.91 Å². The summed E-state index contributed by atoms with van der Waals surface area (Å²) in [6, 6.07) is 0.325. The van der Waals surface area contributed by atoms with E-state index in [4.69, 9.17) is 4.74 Å². The predicted molar refractivity (Wildman–Crippen MR) is 70.8 cm³/mol. The van der Waals surface area contributed by atoms with Crippen LogP contribution in [0.1, 0.15) is 38.1 Å². The number of aromatic nitrogens is 2. The number of methoxy groups -OCH3 is 1. The van der Waals surface area contributed by atoms with E-state index in [1.54, 1.807) is 0 Å². The lowest BCUT2D eigenvalue weighted by Crippen LogP contribution is -2.23. The predicted octanol–water partition coefficient (Wildman–Crippen LogP) is 2.48. The van der Waals surface area contributed by atoms with E-state index in [0.29, 0.717) is 11.7 Å². The maximum absolute atomic E-state index is 12.0. The molecule has 1 aromatic rings. The summed E-state index contributed by atoms with van der Waals surface area (Å²) >= 11 is 0. The molecule has 0 unspecified atom stereocenters. The molecule has 1 rings (SSSR count). The van der Waals surface area contributed by atoms with Crippen LogP contribution in [-0.2, 0) is 4.79 Å². The monoisotopic (exact) mass is 251 g/mol. The van der Waals surface area contributed by atoms with Gasteiger partial charge in [-0.15, -0.1) is 0 Å². The molecule has 0 saturated heterocycles.